The van der Waals surface area contributed by atoms with E-state index in [4.69, 9.17) is 5.73 Å². The third-order valence-electron chi connectivity index (χ3n) is 2.53. The van der Waals surface area contributed by atoms with Crippen LogP contribution < -0.4 is 10.5 Å². The Kier molecular flexibility index (Phi) is 5.62. The van der Waals surface area contributed by atoms with E-state index in [9.17, 15) is 8.42 Å². The van der Waals surface area contributed by atoms with Gasteiger partial charge in [0.15, 0.2) is 0 Å². The predicted octanol–water partition coefficient (Wildman–Crippen LogP) is 2.75. The lowest BCUT2D eigenvalue weighted by atomic mass is 10.1. The van der Waals surface area contributed by atoms with Crippen LogP contribution in [0.2, 0.25) is 0 Å². The van der Waals surface area contributed by atoms with Gasteiger partial charge in [0.25, 0.3) is 0 Å². The highest BCUT2D eigenvalue weighted by Gasteiger charge is 2.14. The summed E-state index contributed by atoms with van der Waals surface area (Å²) in [5.41, 5.74) is 6.09. The van der Waals surface area contributed by atoms with Crippen molar-refractivity contribution in [1.82, 2.24) is 4.72 Å². The van der Waals surface area contributed by atoms with Crippen molar-refractivity contribution in [3.63, 3.8) is 0 Å². The Hall–Kier alpha value is -0.590. The van der Waals surface area contributed by atoms with Crippen LogP contribution in [0.15, 0.2) is 27.6 Å². The molecule has 0 aliphatic heterocycles. The zero-order valence-corrected chi connectivity index (χ0v) is 13.0. The molecule has 0 saturated heterocycles. The molecule has 0 saturated carbocycles. The van der Waals surface area contributed by atoms with Gasteiger partial charge in [-0.15, -0.1) is 0 Å². The van der Waals surface area contributed by atoms with Crippen LogP contribution in [-0.2, 0) is 10.0 Å². The molecule has 0 unspecified atom stereocenters. The van der Waals surface area contributed by atoms with Gasteiger partial charge < -0.3 is 5.73 Å². The summed E-state index contributed by atoms with van der Waals surface area (Å²) < 4.78 is 27.2. The van der Waals surface area contributed by atoms with E-state index in [1.54, 1.807) is 6.07 Å². The Labute approximate surface area is 117 Å². The maximum atomic E-state index is 12.0. The largest absolute Gasteiger partial charge is 0.398 e. The molecule has 0 aromatic heterocycles. The number of sulfonamides is 1. The molecule has 1 rings (SSSR count). The van der Waals surface area contributed by atoms with Crippen LogP contribution >= 0.6 is 15.9 Å². The van der Waals surface area contributed by atoms with Gasteiger partial charge >= 0.3 is 0 Å². The van der Waals surface area contributed by atoms with Crippen molar-refractivity contribution in [3.05, 3.63) is 22.7 Å². The summed E-state index contributed by atoms with van der Waals surface area (Å²) in [6.07, 6.45) is 1.84. The van der Waals surface area contributed by atoms with Gasteiger partial charge in [-0.25, -0.2) is 13.1 Å². The number of nitrogens with one attached hydrogen (secondary N) is 1. The van der Waals surface area contributed by atoms with Gasteiger partial charge in [0.05, 0.1) is 4.90 Å². The first-order valence-electron chi connectivity index (χ1n) is 5.87. The molecule has 0 radical (unpaired) electrons. The second kappa shape index (κ2) is 6.54. The SMILES string of the molecule is CC(C)CCCNS(=O)(=O)c1ccc(Br)c(N)c1. The number of hydrogen-bond acceptors (Lipinski definition) is 3. The molecule has 0 amide bonds. The second-order valence-corrected chi connectivity index (χ2v) is 7.24. The Balaban J connectivity index is 2.66. The van der Waals surface area contributed by atoms with Gasteiger partial charge in [0.1, 0.15) is 0 Å². The number of nitrogens with two attached hydrogens (primary N) is 1. The van der Waals surface area contributed by atoms with Crippen molar-refractivity contribution < 1.29 is 8.42 Å². The molecule has 0 aliphatic rings. The lowest BCUT2D eigenvalue weighted by molar-refractivity contribution is 0.540. The molecule has 4 nitrogen and oxygen atoms in total. The van der Waals surface area contributed by atoms with Gasteiger partial charge in [-0.05, 0) is 52.9 Å². The number of halogens is 1. The van der Waals surface area contributed by atoms with E-state index in [1.165, 1.54) is 12.1 Å². The van der Waals surface area contributed by atoms with Crippen molar-refractivity contribution in [3.8, 4) is 0 Å². The highest BCUT2D eigenvalue weighted by atomic mass is 79.9. The lowest BCUT2D eigenvalue weighted by Gasteiger charge is -2.09. The first-order valence-corrected chi connectivity index (χ1v) is 8.15. The molecule has 0 spiro atoms. The predicted molar refractivity (Wildman–Crippen MR) is 77.8 cm³/mol. The van der Waals surface area contributed by atoms with Crippen molar-refractivity contribution in [1.29, 1.82) is 0 Å². The first kappa shape index (κ1) is 15.5. The van der Waals surface area contributed by atoms with E-state index in [0.29, 0.717) is 22.6 Å². The molecule has 18 heavy (non-hydrogen) atoms. The quantitative estimate of drug-likeness (QED) is 0.620. The smallest absolute Gasteiger partial charge is 0.240 e. The number of hydrogen-bond donors (Lipinski definition) is 2. The summed E-state index contributed by atoms with van der Waals surface area (Å²) in [5.74, 6) is 0.581. The highest BCUT2D eigenvalue weighted by Crippen LogP contribution is 2.22. The fraction of sp³-hybridized carbons (Fsp3) is 0.500. The van der Waals surface area contributed by atoms with E-state index in [2.05, 4.69) is 34.5 Å². The molecular formula is C12H19BrN2O2S. The van der Waals surface area contributed by atoms with Crippen molar-refractivity contribution >= 4 is 31.6 Å². The third-order valence-corrected chi connectivity index (χ3v) is 4.71. The molecule has 1 aromatic rings. The molecule has 6 heteroatoms. The standard InChI is InChI=1S/C12H19BrN2O2S/c1-9(2)4-3-7-15-18(16,17)10-5-6-11(13)12(14)8-10/h5-6,8-9,15H,3-4,7,14H2,1-2H3. The summed E-state index contributed by atoms with van der Waals surface area (Å²) in [5, 5.41) is 0. The van der Waals surface area contributed by atoms with Gasteiger partial charge in [-0.1, -0.05) is 13.8 Å². The highest BCUT2D eigenvalue weighted by molar-refractivity contribution is 9.10. The molecule has 0 heterocycles. The van der Waals surface area contributed by atoms with Crippen LogP contribution in [0.25, 0.3) is 0 Å². The van der Waals surface area contributed by atoms with Crippen LogP contribution in [0.5, 0.6) is 0 Å². The zero-order valence-electron chi connectivity index (χ0n) is 10.6. The normalized spacial score (nSPS) is 12.0. The summed E-state index contributed by atoms with van der Waals surface area (Å²) in [6.45, 7) is 4.68. The average Bonchev–Trinajstić information content (AvgIpc) is 2.28. The second-order valence-electron chi connectivity index (χ2n) is 4.62. The van der Waals surface area contributed by atoms with Gasteiger partial charge in [0, 0.05) is 16.7 Å². The fourth-order valence-electron chi connectivity index (χ4n) is 1.49. The molecule has 0 aliphatic carbocycles. The fourth-order valence-corrected chi connectivity index (χ4v) is 2.84. The summed E-state index contributed by atoms with van der Waals surface area (Å²) in [4.78, 5) is 0.202. The maximum absolute atomic E-state index is 12.0. The van der Waals surface area contributed by atoms with E-state index >= 15 is 0 Å². The van der Waals surface area contributed by atoms with Crippen LogP contribution in [-0.4, -0.2) is 15.0 Å². The van der Waals surface area contributed by atoms with E-state index < -0.39 is 10.0 Å². The molecule has 0 fully saturated rings. The van der Waals surface area contributed by atoms with Gasteiger partial charge in [-0.2, -0.15) is 0 Å². The minimum atomic E-state index is -3.45. The Morgan fingerprint density at radius 3 is 2.61 bits per heavy atom. The summed E-state index contributed by atoms with van der Waals surface area (Å²) in [7, 11) is -3.45. The number of rotatable bonds is 6. The molecule has 3 N–H and O–H groups in total. The van der Waals surface area contributed by atoms with Gasteiger partial charge in [0.2, 0.25) is 10.0 Å². The van der Waals surface area contributed by atoms with Gasteiger partial charge in [-0.3, -0.25) is 0 Å². The van der Waals surface area contributed by atoms with Crippen molar-refractivity contribution in [2.45, 2.75) is 31.6 Å². The van der Waals surface area contributed by atoms with Crippen molar-refractivity contribution in [2.75, 3.05) is 12.3 Å². The van der Waals surface area contributed by atoms with E-state index in [0.717, 1.165) is 12.8 Å². The lowest BCUT2D eigenvalue weighted by Crippen LogP contribution is -2.25. The summed E-state index contributed by atoms with van der Waals surface area (Å²) in [6, 6.07) is 4.62. The minimum absolute atomic E-state index is 0.202. The number of anilines is 1. The molecule has 0 atom stereocenters. The van der Waals surface area contributed by atoms with Crippen LogP contribution in [0.4, 0.5) is 5.69 Å². The van der Waals surface area contributed by atoms with Crippen molar-refractivity contribution in [2.24, 2.45) is 5.92 Å². The van der Waals surface area contributed by atoms with Crippen LogP contribution in [0.3, 0.4) is 0 Å². The topological polar surface area (TPSA) is 72.2 Å². The zero-order chi connectivity index (χ0) is 13.8. The maximum Gasteiger partial charge on any atom is 0.240 e. The first-order chi connectivity index (χ1) is 8.33. The monoisotopic (exact) mass is 334 g/mol. The molecule has 1 aromatic carbocycles. The third kappa shape index (κ3) is 4.59. The molecular weight excluding hydrogens is 316 g/mol. The Morgan fingerprint density at radius 2 is 2.06 bits per heavy atom. The Bertz CT molecular complexity index is 501. The Morgan fingerprint density at radius 1 is 1.39 bits per heavy atom. The molecule has 102 valence electrons. The number of nitrogen functional groups attached to an aromatic ring is 1. The van der Waals surface area contributed by atoms with Crippen LogP contribution in [0, 0.1) is 5.92 Å². The van der Waals surface area contributed by atoms with Crippen LogP contribution in [0.1, 0.15) is 26.7 Å². The minimum Gasteiger partial charge on any atom is -0.398 e. The van der Waals surface area contributed by atoms with E-state index in [-0.39, 0.29) is 4.90 Å². The average molecular weight is 335 g/mol. The summed E-state index contributed by atoms with van der Waals surface area (Å²) >= 11 is 3.24. The molecule has 0 bridgehead atoms. The number of benzene rings is 1. The van der Waals surface area contributed by atoms with E-state index in [1.807, 2.05) is 0 Å².